The fourth-order valence-corrected chi connectivity index (χ4v) is 5.21. The zero-order chi connectivity index (χ0) is 22.3. The third-order valence-corrected chi connectivity index (χ3v) is 6.88. The van der Waals surface area contributed by atoms with Gasteiger partial charge in [0.1, 0.15) is 17.4 Å². The highest BCUT2D eigenvalue weighted by molar-refractivity contribution is 7.17. The largest absolute Gasteiger partial charge is 0.484 e. The lowest BCUT2D eigenvalue weighted by atomic mass is 9.99. The average molecular weight is 453 g/mol. The summed E-state index contributed by atoms with van der Waals surface area (Å²) in [6.07, 6.45) is 1.13. The van der Waals surface area contributed by atoms with E-state index in [4.69, 9.17) is 14.7 Å². The fraction of sp³-hybridized carbons (Fsp3) is 0.391. The maximum absolute atomic E-state index is 11.1. The van der Waals surface area contributed by atoms with Gasteiger partial charge in [-0.25, -0.2) is 0 Å². The highest BCUT2D eigenvalue weighted by Crippen LogP contribution is 2.43. The number of hydrogen-bond donors (Lipinski definition) is 3. The van der Waals surface area contributed by atoms with Crippen LogP contribution in [0.25, 0.3) is 10.2 Å². The highest BCUT2D eigenvalue weighted by Gasteiger charge is 2.35. The van der Waals surface area contributed by atoms with Crippen LogP contribution in [0.2, 0.25) is 0 Å². The molecule has 0 spiro atoms. The molecule has 9 heteroatoms. The molecule has 166 valence electrons. The Morgan fingerprint density at radius 2 is 2.16 bits per heavy atom. The summed E-state index contributed by atoms with van der Waals surface area (Å²) in [7, 11) is 0. The molecule has 0 aliphatic carbocycles. The van der Waals surface area contributed by atoms with Crippen molar-refractivity contribution in [3.05, 3.63) is 46.5 Å². The maximum atomic E-state index is 11.1. The number of aromatic nitrogens is 1. The Morgan fingerprint density at radius 3 is 2.91 bits per heavy atom. The summed E-state index contributed by atoms with van der Waals surface area (Å²) in [6, 6.07) is 7.87. The Labute approximate surface area is 189 Å². The Bertz CT molecular complexity index is 1200. The standard InChI is InChI=1S/C23H24N4O4S/c1-23(13-28)9-15-7-17(18(8-19(15)31-23)27-2-4-30-5-3-27)26-22(29)16-12-32-20-6-14(10-24)11-25-21(16)20/h6-8,11-12,22,26,28-29H,2-5,9,13H2,1H3. The van der Waals surface area contributed by atoms with Gasteiger partial charge >= 0.3 is 0 Å². The van der Waals surface area contributed by atoms with Crippen molar-refractivity contribution < 1.29 is 19.7 Å². The number of aliphatic hydroxyl groups is 2. The van der Waals surface area contributed by atoms with Gasteiger partial charge in [0, 0.05) is 48.3 Å². The first-order valence-corrected chi connectivity index (χ1v) is 11.4. The van der Waals surface area contributed by atoms with Gasteiger partial charge in [-0.1, -0.05) is 0 Å². The molecule has 3 aromatic rings. The maximum Gasteiger partial charge on any atom is 0.153 e. The molecule has 1 fully saturated rings. The number of thiophene rings is 1. The lowest BCUT2D eigenvalue weighted by Gasteiger charge is -2.31. The van der Waals surface area contributed by atoms with E-state index in [2.05, 4.69) is 21.3 Å². The summed E-state index contributed by atoms with van der Waals surface area (Å²) in [4.78, 5) is 6.60. The third kappa shape index (κ3) is 3.76. The second kappa shape index (κ2) is 8.22. The Hall–Kier alpha value is -2.90. The summed E-state index contributed by atoms with van der Waals surface area (Å²) >= 11 is 1.45. The van der Waals surface area contributed by atoms with Gasteiger partial charge in [0.05, 0.1) is 47.0 Å². The molecule has 1 aromatic carbocycles. The molecule has 4 heterocycles. The number of nitrogens with zero attached hydrogens (tertiary/aromatic N) is 3. The van der Waals surface area contributed by atoms with Crippen molar-refractivity contribution in [1.82, 2.24) is 4.98 Å². The molecule has 2 unspecified atom stereocenters. The zero-order valence-corrected chi connectivity index (χ0v) is 18.5. The predicted molar refractivity (Wildman–Crippen MR) is 122 cm³/mol. The molecule has 0 amide bonds. The molecule has 2 atom stereocenters. The van der Waals surface area contributed by atoms with Crippen LogP contribution in [0.4, 0.5) is 11.4 Å². The molecule has 1 saturated heterocycles. The van der Waals surface area contributed by atoms with Crippen molar-refractivity contribution in [2.75, 3.05) is 43.1 Å². The number of hydrogen-bond acceptors (Lipinski definition) is 9. The Morgan fingerprint density at radius 1 is 1.34 bits per heavy atom. The second-order valence-corrected chi connectivity index (χ2v) is 9.30. The minimum atomic E-state index is -0.978. The van der Waals surface area contributed by atoms with E-state index < -0.39 is 11.8 Å². The number of rotatable bonds is 5. The van der Waals surface area contributed by atoms with E-state index in [0.29, 0.717) is 36.3 Å². The molecule has 3 N–H and O–H groups in total. The Balaban J connectivity index is 1.50. The smallest absolute Gasteiger partial charge is 0.153 e. The molecule has 5 rings (SSSR count). The van der Waals surface area contributed by atoms with Crippen LogP contribution in [0.3, 0.4) is 0 Å². The minimum absolute atomic E-state index is 0.0722. The van der Waals surface area contributed by atoms with Gasteiger partial charge in [0.25, 0.3) is 0 Å². The van der Waals surface area contributed by atoms with E-state index in [0.717, 1.165) is 40.5 Å². The number of ether oxygens (including phenoxy) is 2. The molecule has 2 aliphatic rings. The van der Waals surface area contributed by atoms with Gasteiger partial charge < -0.3 is 29.9 Å². The topological polar surface area (TPSA) is 111 Å². The molecule has 2 aromatic heterocycles. The van der Waals surface area contributed by atoms with E-state index in [9.17, 15) is 10.2 Å². The molecule has 2 aliphatic heterocycles. The van der Waals surface area contributed by atoms with Gasteiger partial charge in [-0.15, -0.1) is 11.3 Å². The second-order valence-electron chi connectivity index (χ2n) is 8.38. The molecule has 32 heavy (non-hydrogen) atoms. The predicted octanol–water partition coefficient (Wildman–Crippen LogP) is 2.79. The van der Waals surface area contributed by atoms with Gasteiger partial charge in [-0.2, -0.15) is 5.26 Å². The first kappa shape index (κ1) is 21.0. The lowest BCUT2D eigenvalue weighted by Crippen LogP contribution is -2.36. The van der Waals surface area contributed by atoms with Crippen LogP contribution >= 0.6 is 11.3 Å². The summed E-state index contributed by atoms with van der Waals surface area (Å²) in [5.74, 6) is 0.759. The van der Waals surface area contributed by atoms with Gasteiger partial charge in [-0.3, -0.25) is 4.98 Å². The fourth-order valence-electron chi connectivity index (χ4n) is 4.24. The van der Waals surface area contributed by atoms with Gasteiger partial charge in [0.15, 0.2) is 6.23 Å². The van der Waals surface area contributed by atoms with Crippen LogP contribution in [-0.4, -0.2) is 53.7 Å². The van der Waals surface area contributed by atoms with E-state index in [1.165, 1.54) is 17.5 Å². The van der Waals surface area contributed by atoms with E-state index in [1.807, 2.05) is 24.4 Å². The lowest BCUT2D eigenvalue weighted by molar-refractivity contribution is 0.0446. The number of morpholine rings is 1. The molecular formula is C23H24N4O4S. The number of anilines is 2. The highest BCUT2D eigenvalue weighted by atomic mass is 32.1. The van der Waals surface area contributed by atoms with Crippen molar-refractivity contribution in [3.63, 3.8) is 0 Å². The Kier molecular flexibility index (Phi) is 5.39. The van der Waals surface area contributed by atoms with E-state index in [-0.39, 0.29) is 6.61 Å². The number of nitriles is 1. The van der Waals surface area contributed by atoms with Crippen molar-refractivity contribution in [3.8, 4) is 11.8 Å². The number of aliphatic hydroxyl groups excluding tert-OH is 2. The zero-order valence-electron chi connectivity index (χ0n) is 17.7. The number of benzene rings is 1. The van der Waals surface area contributed by atoms with Crippen LogP contribution in [0, 0.1) is 11.3 Å². The van der Waals surface area contributed by atoms with Crippen LogP contribution in [0.15, 0.2) is 29.8 Å². The van der Waals surface area contributed by atoms with Crippen LogP contribution < -0.4 is 15.0 Å². The van der Waals surface area contributed by atoms with Crippen molar-refractivity contribution in [2.45, 2.75) is 25.2 Å². The SMILES string of the molecule is CC1(CO)Cc2cc(NC(O)c3csc4cc(C#N)cnc34)c(N3CCOCC3)cc2O1. The van der Waals surface area contributed by atoms with Gasteiger partial charge in [-0.05, 0) is 19.1 Å². The average Bonchev–Trinajstić information content (AvgIpc) is 3.39. The van der Waals surface area contributed by atoms with Crippen molar-refractivity contribution in [1.29, 1.82) is 5.26 Å². The van der Waals surface area contributed by atoms with Crippen LogP contribution in [0.1, 0.15) is 29.8 Å². The summed E-state index contributed by atoms with van der Waals surface area (Å²) in [6.45, 7) is 4.56. The number of nitrogens with one attached hydrogen (secondary N) is 1. The third-order valence-electron chi connectivity index (χ3n) is 5.94. The van der Waals surface area contributed by atoms with E-state index in [1.54, 1.807) is 6.07 Å². The molecule has 0 saturated carbocycles. The quantitative estimate of drug-likeness (QED) is 0.507. The van der Waals surface area contributed by atoms with Crippen LogP contribution in [0.5, 0.6) is 5.75 Å². The summed E-state index contributed by atoms with van der Waals surface area (Å²) in [5, 5.41) is 35.1. The monoisotopic (exact) mass is 452 g/mol. The minimum Gasteiger partial charge on any atom is -0.484 e. The molecule has 0 bridgehead atoms. The molecule has 0 radical (unpaired) electrons. The van der Waals surface area contributed by atoms with E-state index >= 15 is 0 Å². The molecular weight excluding hydrogens is 428 g/mol. The first-order valence-electron chi connectivity index (χ1n) is 10.5. The molecule has 8 nitrogen and oxygen atoms in total. The normalized spacial score (nSPS) is 21.1. The summed E-state index contributed by atoms with van der Waals surface area (Å²) < 4.78 is 12.4. The number of pyridine rings is 1. The number of fused-ring (bicyclic) bond motifs is 2. The van der Waals surface area contributed by atoms with Gasteiger partial charge in [0.2, 0.25) is 0 Å². The summed E-state index contributed by atoms with van der Waals surface area (Å²) in [5.41, 5.74) is 3.89. The van der Waals surface area contributed by atoms with Crippen molar-refractivity contribution >= 4 is 32.9 Å². The first-order chi connectivity index (χ1) is 15.5. The van der Waals surface area contributed by atoms with Crippen molar-refractivity contribution in [2.24, 2.45) is 0 Å². The van der Waals surface area contributed by atoms with Crippen LogP contribution in [-0.2, 0) is 11.2 Å².